The van der Waals surface area contributed by atoms with Crippen LogP contribution < -0.4 is 4.74 Å². The van der Waals surface area contributed by atoms with Crippen LogP contribution in [0.4, 0.5) is 4.39 Å². The minimum Gasteiger partial charge on any atom is -0.467 e. The van der Waals surface area contributed by atoms with Gasteiger partial charge in [0.25, 0.3) is 0 Å². The van der Waals surface area contributed by atoms with Crippen molar-refractivity contribution in [3.8, 4) is 5.75 Å². The van der Waals surface area contributed by atoms with Gasteiger partial charge in [-0.15, -0.1) is 11.8 Å². The van der Waals surface area contributed by atoms with Gasteiger partial charge in [-0.25, -0.2) is 9.18 Å². The zero-order chi connectivity index (χ0) is 17.1. The van der Waals surface area contributed by atoms with E-state index < -0.39 is 11.8 Å². The Morgan fingerprint density at radius 2 is 2.21 bits per heavy atom. The Bertz CT molecular complexity index is 781. The molecule has 2 aromatic rings. The molecule has 0 fully saturated rings. The second kappa shape index (κ2) is 7.42. The minimum atomic E-state index is -0.569. The van der Waals surface area contributed by atoms with Gasteiger partial charge < -0.3 is 14.2 Å². The molecule has 0 radical (unpaired) electrons. The fourth-order valence-electron chi connectivity index (χ4n) is 2.37. The summed E-state index contributed by atoms with van der Waals surface area (Å²) < 4.78 is 29.5. The van der Waals surface area contributed by atoms with Crippen molar-refractivity contribution in [3.63, 3.8) is 0 Å². The van der Waals surface area contributed by atoms with Crippen molar-refractivity contribution in [1.29, 1.82) is 0 Å². The maximum absolute atomic E-state index is 13.7. The fraction of sp³-hybridized carbons (Fsp3) is 0.235. The summed E-state index contributed by atoms with van der Waals surface area (Å²) in [6, 6.07) is 7.77. The molecule has 0 N–H and O–H groups in total. The zero-order valence-electron chi connectivity index (χ0n) is 12.8. The third kappa shape index (κ3) is 3.66. The van der Waals surface area contributed by atoms with Crippen LogP contribution in [0.1, 0.15) is 21.5 Å². The van der Waals surface area contributed by atoms with Crippen LogP contribution >= 0.6 is 23.4 Å². The van der Waals surface area contributed by atoms with Crippen molar-refractivity contribution in [1.82, 2.24) is 0 Å². The molecule has 0 unspecified atom stereocenters. The Kier molecular flexibility index (Phi) is 5.28. The van der Waals surface area contributed by atoms with Crippen molar-refractivity contribution in [2.75, 3.05) is 13.0 Å². The standard InChI is InChI=1S/C17H14ClFO4S/c1-24-13-2-3-15(18)14(6-13)17(20)22-8-11-5-12(19)4-10-7-21-9-23-16(10)11/h2-6H,7-9H2,1H3. The molecule has 7 heteroatoms. The third-order valence-corrected chi connectivity index (χ3v) is 4.56. The van der Waals surface area contributed by atoms with E-state index in [0.717, 1.165) is 4.90 Å². The average Bonchev–Trinajstić information content (AvgIpc) is 2.59. The van der Waals surface area contributed by atoms with Gasteiger partial charge in [0, 0.05) is 16.0 Å². The Labute approximate surface area is 147 Å². The Balaban J connectivity index is 1.79. The van der Waals surface area contributed by atoms with E-state index in [1.54, 1.807) is 12.1 Å². The van der Waals surface area contributed by atoms with Crippen molar-refractivity contribution in [2.45, 2.75) is 18.1 Å². The Hall–Kier alpha value is -1.76. The number of hydrogen-bond donors (Lipinski definition) is 0. The number of fused-ring (bicyclic) bond motifs is 1. The summed E-state index contributed by atoms with van der Waals surface area (Å²) >= 11 is 7.55. The predicted octanol–water partition coefficient (Wildman–Crippen LogP) is 4.42. The second-order valence-corrected chi connectivity index (χ2v) is 6.37. The molecule has 24 heavy (non-hydrogen) atoms. The van der Waals surface area contributed by atoms with Crippen LogP contribution in [-0.2, 0) is 22.7 Å². The molecule has 4 nitrogen and oxygen atoms in total. The van der Waals surface area contributed by atoms with Crippen LogP contribution in [0.5, 0.6) is 5.75 Å². The largest absolute Gasteiger partial charge is 0.467 e. The molecule has 0 spiro atoms. The number of halogens is 2. The van der Waals surface area contributed by atoms with E-state index in [1.807, 2.05) is 12.3 Å². The van der Waals surface area contributed by atoms with Crippen molar-refractivity contribution >= 4 is 29.3 Å². The maximum atomic E-state index is 13.7. The van der Waals surface area contributed by atoms with E-state index in [2.05, 4.69) is 0 Å². The van der Waals surface area contributed by atoms with Gasteiger partial charge in [-0.3, -0.25) is 0 Å². The monoisotopic (exact) mass is 368 g/mol. The van der Waals surface area contributed by atoms with Crippen molar-refractivity contribution < 1.29 is 23.4 Å². The molecule has 3 rings (SSSR count). The number of ether oxygens (including phenoxy) is 3. The van der Waals surface area contributed by atoms with Crippen molar-refractivity contribution in [3.05, 3.63) is 57.9 Å². The van der Waals surface area contributed by atoms with Crippen LogP contribution in [0.15, 0.2) is 35.2 Å². The van der Waals surface area contributed by atoms with Crippen LogP contribution in [0.2, 0.25) is 5.02 Å². The first-order chi connectivity index (χ1) is 11.6. The van der Waals surface area contributed by atoms with E-state index in [0.29, 0.717) is 21.9 Å². The highest BCUT2D eigenvalue weighted by Gasteiger charge is 2.19. The topological polar surface area (TPSA) is 44.8 Å². The van der Waals surface area contributed by atoms with Crippen LogP contribution in [0.25, 0.3) is 0 Å². The number of carbonyl (C=O) groups excluding carboxylic acids is 1. The van der Waals surface area contributed by atoms with E-state index in [9.17, 15) is 9.18 Å². The zero-order valence-corrected chi connectivity index (χ0v) is 14.4. The van der Waals surface area contributed by atoms with Crippen LogP contribution in [-0.4, -0.2) is 19.0 Å². The number of benzene rings is 2. The highest BCUT2D eigenvalue weighted by atomic mass is 35.5. The maximum Gasteiger partial charge on any atom is 0.340 e. The van der Waals surface area contributed by atoms with Gasteiger partial charge in [-0.2, -0.15) is 0 Å². The van der Waals surface area contributed by atoms with Crippen molar-refractivity contribution in [2.24, 2.45) is 0 Å². The number of thioether (sulfide) groups is 1. The molecule has 0 bridgehead atoms. The number of carbonyl (C=O) groups is 1. The molecular formula is C17H14ClFO4S. The van der Waals surface area contributed by atoms with Gasteiger partial charge >= 0.3 is 5.97 Å². The fourth-order valence-corrected chi connectivity index (χ4v) is 3.01. The lowest BCUT2D eigenvalue weighted by atomic mass is 10.1. The van der Waals surface area contributed by atoms with E-state index in [4.69, 9.17) is 25.8 Å². The summed E-state index contributed by atoms with van der Waals surface area (Å²) in [5.74, 6) is -0.503. The highest BCUT2D eigenvalue weighted by molar-refractivity contribution is 7.98. The summed E-state index contributed by atoms with van der Waals surface area (Å²) in [6.07, 6.45) is 1.90. The van der Waals surface area contributed by atoms with E-state index in [1.165, 1.54) is 23.9 Å². The number of esters is 1. The van der Waals surface area contributed by atoms with Gasteiger partial charge in [0.15, 0.2) is 6.79 Å². The summed E-state index contributed by atoms with van der Waals surface area (Å²) in [6.45, 7) is 0.232. The molecule has 126 valence electrons. The average molecular weight is 369 g/mol. The molecule has 1 aliphatic heterocycles. The lowest BCUT2D eigenvalue weighted by Crippen LogP contribution is -2.15. The van der Waals surface area contributed by atoms with Gasteiger partial charge in [0.05, 0.1) is 17.2 Å². The van der Waals surface area contributed by atoms with Crippen LogP contribution in [0.3, 0.4) is 0 Å². The highest BCUT2D eigenvalue weighted by Crippen LogP contribution is 2.30. The summed E-state index contributed by atoms with van der Waals surface area (Å²) in [4.78, 5) is 13.2. The second-order valence-electron chi connectivity index (χ2n) is 5.09. The van der Waals surface area contributed by atoms with Gasteiger partial charge in [-0.1, -0.05) is 11.6 Å². The summed E-state index contributed by atoms with van der Waals surface area (Å²) in [5.41, 5.74) is 1.33. The van der Waals surface area contributed by atoms with Gasteiger partial charge in [0.2, 0.25) is 0 Å². The molecule has 0 aliphatic carbocycles. The molecule has 1 heterocycles. The van der Waals surface area contributed by atoms with Gasteiger partial charge in [0.1, 0.15) is 18.2 Å². The molecule has 2 aromatic carbocycles. The number of hydrogen-bond acceptors (Lipinski definition) is 5. The van der Waals surface area contributed by atoms with E-state index in [-0.39, 0.29) is 25.6 Å². The Morgan fingerprint density at radius 1 is 1.38 bits per heavy atom. The molecule has 0 atom stereocenters. The molecular weight excluding hydrogens is 355 g/mol. The quantitative estimate of drug-likeness (QED) is 0.590. The first-order valence-electron chi connectivity index (χ1n) is 7.11. The first kappa shape index (κ1) is 17.1. The molecule has 0 saturated carbocycles. The third-order valence-electron chi connectivity index (χ3n) is 3.50. The lowest BCUT2D eigenvalue weighted by Gasteiger charge is -2.20. The lowest BCUT2D eigenvalue weighted by molar-refractivity contribution is -0.0182. The smallest absolute Gasteiger partial charge is 0.340 e. The van der Waals surface area contributed by atoms with E-state index >= 15 is 0 Å². The molecule has 1 aliphatic rings. The molecule has 0 aromatic heterocycles. The summed E-state index contributed by atoms with van der Waals surface area (Å²) in [5, 5.41) is 0.309. The minimum absolute atomic E-state index is 0.0845. The first-order valence-corrected chi connectivity index (χ1v) is 8.71. The molecule has 0 amide bonds. The molecule has 0 saturated heterocycles. The Morgan fingerprint density at radius 3 is 3.00 bits per heavy atom. The number of rotatable bonds is 4. The SMILES string of the molecule is CSc1ccc(Cl)c(C(=O)OCc2cc(F)cc3c2OCOC3)c1. The normalized spacial score (nSPS) is 13.1. The predicted molar refractivity (Wildman–Crippen MR) is 89.0 cm³/mol. The van der Waals surface area contributed by atoms with Gasteiger partial charge in [-0.05, 0) is 36.6 Å². The van der Waals surface area contributed by atoms with Crippen LogP contribution in [0, 0.1) is 5.82 Å². The summed E-state index contributed by atoms with van der Waals surface area (Å²) in [7, 11) is 0.